The molecule has 1 saturated heterocycles. The fraction of sp³-hybridized carbons (Fsp3) is 0.500. The molecule has 0 N–H and O–H groups in total. The van der Waals surface area contributed by atoms with Gasteiger partial charge in [-0.15, -0.1) is 0 Å². The van der Waals surface area contributed by atoms with Crippen LogP contribution in [0.3, 0.4) is 0 Å². The lowest BCUT2D eigenvalue weighted by Crippen LogP contribution is -2.36. The van der Waals surface area contributed by atoms with Crippen LogP contribution in [0.5, 0.6) is 5.75 Å². The Morgan fingerprint density at radius 1 is 1.00 bits per heavy atom. The van der Waals surface area contributed by atoms with Crippen LogP contribution in [-0.2, 0) is 14.2 Å². The van der Waals surface area contributed by atoms with Crippen LogP contribution in [0, 0.1) is 40.4 Å². The van der Waals surface area contributed by atoms with Gasteiger partial charge in [0.1, 0.15) is 6.10 Å². The zero-order valence-corrected chi connectivity index (χ0v) is 18.8. The van der Waals surface area contributed by atoms with Crippen molar-refractivity contribution in [2.24, 2.45) is 11.3 Å². The lowest BCUT2D eigenvalue weighted by Gasteiger charge is -2.40. The van der Waals surface area contributed by atoms with E-state index in [0.717, 1.165) is 5.57 Å². The third kappa shape index (κ3) is 4.97. The molecule has 0 spiro atoms. The largest absolute Gasteiger partial charge is 0.449 e. The average molecular weight is 478 g/mol. The molecule has 2 atom stereocenters. The highest BCUT2D eigenvalue weighted by Crippen LogP contribution is 2.43. The van der Waals surface area contributed by atoms with Crippen molar-refractivity contribution in [3.05, 3.63) is 52.9 Å². The van der Waals surface area contributed by atoms with Crippen molar-refractivity contribution in [3.63, 3.8) is 0 Å². The summed E-state index contributed by atoms with van der Waals surface area (Å²) in [5, 5.41) is -0.757. The average Bonchev–Trinajstić information content (AvgIpc) is 3.13. The van der Waals surface area contributed by atoms with Gasteiger partial charge in [-0.1, -0.05) is 25.5 Å². The van der Waals surface area contributed by atoms with E-state index in [1.54, 1.807) is 6.08 Å². The van der Waals surface area contributed by atoms with Gasteiger partial charge in [-0.2, -0.15) is 8.78 Å². The Morgan fingerprint density at radius 3 is 2.06 bits per heavy atom. The van der Waals surface area contributed by atoms with Crippen molar-refractivity contribution < 1.29 is 40.9 Å². The molecule has 0 amide bonds. The highest BCUT2D eigenvalue weighted by Gasteiger charge is 2.38. The molecule has 176 valence electrons. The predicted molar refractivity (Wildman–Crippen MR) is 109 cm³/mol. The second-order valence-electron chi connectivity index (χ2n) is 8.56. The Bertz CT molecular complexity index is 941. The molecule has 1 fully saturated rings. The molecule has 10 heteroatoms. The van der Waals surface area contributed by atoms with Crippen LogP contribution in [0.15, 0.2) is 23.8 Å². The number of hydrogen-bond donors (Lipinski definition) is 0. The Hall–Kier alpha value is -2.04. The summed E-state index contributed by atoms with van der Waals surface area (Å²) in [5.74, 6) is -13.1. The summed E-state index contributed by atoms with van der Waals surface area (Å²) in [6.07, 6.45) is 5.45. The van der Waals surface area contributed by atoms with Crippen molar-refractivity contribution in [1.82, 2.24) is 0 Å². The highest BCUT2D eigenvalue weighted by molar-refractivity contribution is 7.79. The molecular weight excluding hydrogens is 455 g/mol. The van der Waals surface area contributed by atoms with Gasteiger partial charge in [-0.05, 0) is 37.8 Å². The van der Waals surface area contributed by atoms with Gasteiger partial charge in [-0.3, -0.25) is 0 Å². The normalized spacial score (nSPS) is 24.5. The Morgan fingerprint density at radius 2 is 1.53 bits per heavy atom. The van der Waals surface area contributed by atoms with Crippen LogP contribution in [0.1, 0.15) is 34.1 Å². The fourth-order valence-corrected chi connectivity index (χ4v) is 4.22. The number of benzene rings is 1. The van der Waals surface area contributed by atoms with Crippen molar-refractivity contribution in [2.45, 2.75) is 46.0 Å². The molecule has 0 radical (unpaired) electrons. The minimum atomic E-state index is -2.28. The number of halogens is 5. The number of allylic oxidation sites excluding steroid dienone is 2. The molecule has 0 aromatic heterocycles. The molecule has 4 nitrogen and oxygen atoms in total. The van der Waals surface area contributed by atoms with Gasteiger partial charge < -0.3 is 18.9 Å². The first kappa shape index (κ1) is 24.6. The van der Waals surface area contributed by atoms with E-state index in [4.69, 9.17) is 31.2 Å². The fourth-order valence-electron chi connectivity index (χ4n) is 4.01. The summed E-state index contributed by atoms with van der Waals surface area (Å²) >= 11 is 4.84. The molecule has 0 unspecified atom stereocenters. The monoisotopic (exact) mass is 478 g/mol. The topological polar surface area (TPSA) is 36.9 Å². The van der Waals surface area contributed by atoms with Crippen molar-refractivity contribution in [1.29, 1.82) is 0 Å². The Balaban J connectivity index is 1.73. The summed E-state index contributed by atoms with van der Waals surface area (Å²) in [7, 11) is 0. The van der Waals surface area contributed by atoms with Crippen molar-refractivity contribution in [3.8, 4) is 5.75 Å². The Kier molecular flexibility index (Phi) is 6.97. The third-order valence-corrected chi connectivity index (χ3v) is 5.74. The molecule has 1 aliphatic carbocycles. The van der Waals surface area contributed by atoms with Gasteiger partial charge in [0.15, 0.2) is 5.79 Å². The first-order valence-corrected chi connectivity index (χ1v) is 10.3. The van der Waals surface area contributed by atoms with Gasteiger partial charge in [0.25, 0.3) is 0 Å². The van der Waals surface area contributed by atoms with Crippen LogP contribution < -0.4 is 4.74 Å². The molecule has 1 aromatic carbocycles. The first-order valence-electron chi connectivity index (χ1n) is 9.90. The summed E-state index contributed by atoms with van der Waals surface area (Å²) in [5.41, 5.74) is 0.609. The van der Waals surface area contributed by atoms with E-state index in [0.29, 0.717) is 19.6 Å². The summed E-state index contributed by atoms with van der Waals surface area (Å²) < 4.78 is 88.9. The number of hydrogen-bond acceptors (Lipinski definition) is 5. The zero-order valence-electron chi connectivity index (χ0n) is 17.9. The standard InChI is InChI=1S/C22H23F5O4S/c1-11-9-12(10-21(2,3)13(11)5-6-22(4)28-7-8-29-22)30-20(32)31-19-17(26)15(24)14(23)16(25)18(19)27/h5-6,9,12-13H,7-8,10H2,1-4H3/b6-5+/t12-,13-/m0/s1. The van der Waals surface area contributed by atoms with E-state index in [1.165, 1.54) is 0 Å². The van der Waals surface area contributed by atoms with Crippen molar-refractivity contribution >= 4 is 17.5 Å². The third-order valence-electron chi connectivity index (χ3n) is 5.56. The van der Waals surface area contributed by atoms with Gasteiger partial charge in [0.05, 0.1) is 13.2 Å². The highest BCUT2D eigenvalue weighted by atomic mass is 32.1. The lowest BCUT2D eigenvalue weighted by atomic mass is 9.67. The van der Waals surface area contributed by atoms with Crippen molar-refractivity contribution in [2.75, 3.05) is 13.2 Å². The molecular formula is C22H23F5O4S. The molecule has 1 aliphatic heterocycles. The van der Waals surface area contributed by atoms with E-state index in [9.17, 15) is 22.0 Å². The number of ether oxygens (including phenoxy) is 4. The minimum absolute atomic E-state index is 0.0108. The van der Waals surface area contributed by atoms with Gasteiger partial charge in [0, 0.05) is 18.1 Å². The number of rotatable bonds is 4. The molecule has 1 heterocycles. The summed E-state index contributed by atoms with van der Waals surface area (Å²) in [6.45, 7) is 8.74. The van der Waals surface area contributed by atoms with E-state index >= 15 is 0 Å². The molecule has 0 saturated carbocycles. The maximum absolute atomic E-state index is 13.8. The smallest absolute Gasteiger partial charge is 0.358 e. The maximum Gasteiger partial charge on any atom is 0.358 e. The molecule has 2 aliphatic rings. The Labute approximate surface area is 188 Å². The van der Waals surface area contributed by atoms with Crippen LogP contribution >= 0.6 is 12.2 Å². The van der Waals surface area contributed by atoms with E-state index in [1.807, 2.05) is 39.8 Å². The quantitative estimate of drug-likeness (QED) is 0.181. The van der Waals surface area contributed by atoms with Gasteiger partial charge >= 0.3 is 5.24 Å². The van der Waals surface area contributed by atoms with E-state index in [2.05, 4.69) is 0 Å². The van der Waals surface area contributed by atoms with Gasteiger partial charge in [-0.25, -0.2) is 13.2 Å². The van der Waals surface area contributed by atoms with E-state index < -0.39 is 52.0 Å². The van der Waals surface area contributed by atoms with Crippen LogP contribution in [-0.4, -0.2) is 30.3 Å². The second kappa shape index (κ2) is 9.07. The maximum atomic E-state index is 13.8. The van der Waals surface area contributed by atoms with Crippen LogP contribution in [0.4, 0.5) is 22.0 Å². The molecule has 3 rings (SSSR count). The molecule has 0 bridgehead atoms. The molecule has 1 aromatic rings. The lowest BCUT2D eigenvalue weighted by molar-refractivity contribution is -0.100. The first-order chi connectivity index (χ1) is 14.8. The SMILES string of the molecule is CC1=C[C@H](OC(=S)Oc2c(F)c(F)c(F)c(F)c2F)CC(C)(C)[C@H]1/C=C/C1(C)OCCO1. The summed E-state index contributed by atoms with van der Waals surface area (Å²) in [4.78, 5) is 0. The zero-order chi connectivity index (χ0) is 23.8. The van der Waals surface area contributed by atoms with Gasteiger partial charge in [0.2, 0.25) is 34.8 Å². The van der Waals surface area contributed by atoms with Crippen LogP contribution in [0.25, 0.3) is 0 Å². The summed E-state index contributed by atoms with van der Waals surface area (Å²) in [6, 6.07) is 0. The van der Waals surface area contributed by atoms with Crippen LogP contribution in [0.2, 0.25) is 0 Å². The second-order valence-corrected chi connectivity index (χ2v) is 8.89. The molecule has 32 heavy (non-hydrogen) atoms. The minimum Gasteiger partial charge on any atom is -0.449 e. The van der Waals surface area contributed by atoms with E-state index in [-0.39, 0.29) is 11.3 Å². The predicted octanol–water partition coefficient (Wildman–Crippen LogP) is 5.74. The number of thiocarbonyl (C=S) groups is 1.